The van der Waals surface area contributed by atoms with Gasteiger partial charge in [0.2, 0.25) is 0 Å². The van der Waals surface area contributed by atoms with Crippen LogP contribution in [-0.4, -0.2) is 55.9 Å². The summed E-state index contributed by atoms with van der Waals surface area (Å²) < 4.78 is 5.67. The molecule has 0 radical (unpaired) electrons. The van der Waals surface area contributed by atoms with E-state index in [0.29, 0.717) is 24.7 Å². The van der Waals surface area contributed by atoms with Gasteiger partial charge in [-0.2, -0.15) is 0 Å². The Balaban J connectivity index is 2.07. The van der Waals surface area contributed by atoms with Gasteiger partial charge in [0.25, 0.3) is 0 Å². The third-order valence-electron chi connectivity index (χ3n) is 4.60. The van der Waals surface area contributed by atoms with Gasteiger partial charge in [-0.25, -0.2) is 0 Å². The van der Waals surface area contributed by atoms with Gasteiger partial charge in [-0.3, -0.25) is 15.4 Å². The van der Waals surface area contributed by atoms with Gasteiger partial charge >= 0.3 is 0 Å². The molecule has 1 rings (SSSR count). The Hall–Kier alpha value is -2.97. The molecule has 9 heteroatoms. The number of hydrogen-bond donors (Lipinski definition) is 5. The van der Waals surface area contributed by atoms with E-state index in [9.17, 15) is 0 Å². The van der Waals surface area contributed by atoms with E-state index in [1.54, 1.807) is 12.1 Å². The minimum Gasteiger partial charge on any atom is -0.494 e. The van der Waals surface area contributed by atoms with Crippen molar-refractivity contribution in [2.45, 2.75) is 44.9 Å². The molecular formula is C21H38N8O. The molecule has 0 spiro atoms. The van der Waals surface area contributed by atoms with E-state index >= 15 is 0 Å². The summed E-state index contributed by atoms with van der Waals surface area (Å²) in [6.07, 6.45) is 7.64. The molecule has 9 nitrogen and oxygen atoms in total. The highest BCUT2D eigenvalue weighted by atomic mass is 16.5. The molecule has 30 heavy (non-hydrogen) atoms. The number of amidine groups is 1. The summed E-state index contributed by atoms with van der Waals surface area (Å²) in [5, 5.41) is 7.37. The lowest BCUT2D eigenvalue weighted by molar-refractivity contribution is 0.313. The number of unbranched alkanes of at least 4 members (excludes halogenated alkanes) is 5. The van der Waals surface area contributed by atoms with Crippen LogP contribution in [0.4, 0.5) is 0 Å². The van der Waals surface area contributed by atoms with Gasteiger partial charge in [0.15, 0.2) is 11.9 Å². The first-order chi connectivity index (χ1) is 14.4. The van der Waals surface area contributed by atoms with Crippen LogP contribution in [-0.2, 0) is 0 Å². The quantitative estimate of drug-likeness (QED) is 0.165. The van der Waals surface area contributed by atoms with E-state index in [-0.39, 0.29) is 11.8 Å². The maximum Gasteiger partial charge on any atom is 0.190 e. The number of hydrogen-bond acceptors (Lipinski definition) is 4. The minimum atomic E-state index is 0.0509. The van der Waals surface area contributed by atoms with E-state index in [2.05, 4.69) is 9.98 Å². The fourth-order valence-electron chi connectivity index (χ4n) is 2.79. The summed E-state index contributed by atoms with van der Waals surface area (Å²) in [5.41, 5.74) is 22.8. The predicted octanol–water partition coefficient (Wildman–Crippen LogP) is 1.60. The number of rotatable bonds is 15. The molecule has 1 aromatic rings. The molecular weight excluding hydrogens is 380 g/mol. The van der Waals surface area contributed by atoms with Crippen LogP contribution >= 0.6 is 0 Å². The minimum absolute atomic E-state index is 0.0509. The second kappa shape index (κ2) is 14.9. The van der Waals surface area contributed by atoms with Crippen LogP contribution in [0, 0.1) is 5.41 Å². The molecule has 0 bridgehead atoms. The van der Waals surface area contributed by atoms with Crippen LogP contribution in [0.5, 0.6) is 5.75 Å². The van der Waals surface area contributed by atoms with Gasteiger partial charge in [-0.15, -0.1) is 0 Å². The van der Waals surface area contributed by atoms with Crippen molar-refractivity contribution in [1.29, 1.82) is 5.41 Å². The fourth-order valence-corrected chi connectivity index (χ4v) is 2.79. The number of guanidine groups is 2. The number of nitrogen functional groups attached to an aromatic ring is 1. The lowest BCUT2D eigenvalue weighted by Gasteiger charge is -2.18. The molecule has 168 valence electrons. The van der Waals surface area contributed by atoms with Crippen molar-refractivity contribution >= 4 is 17.8 Å². The van der Waals surface area contributed by atoms with Gasteiger partial charge in [-0.05, 0) is 37.1 Å². The molecule has 0 fully saturated rings. The highest BCUT2D eigenvalue weighted by molar-refractivity contribution is 5.94. The van der Waals surface area contributed by atoms with Gasteiger partial charge in [0.1, 0.15) is 11.6 Å². The SMILES string of the molecule is CN(CCCCCCCCN=C(N)N)C(N)=NCCCOc1ccc(C(=N)N)cc1. The highest BCUT2D eigenvalue weighted by Crippen LogP contribution is 2.12. The van der Waals surface area contributed by atoms with Gasteiger partial charge in [0.05, 0.1) is 6.61 Å². The van der Waals surface area contributed by atoms with Crippen LogP contribution in [0.3, 0.4) is 0 Å². The van der Waals surface area contributed by atoms with Crippen molar-refractivity contribution in [3.8, 4) is 5.75 Å². The monoisotopic (exact) mass is 418 g/mol. The second-order valence-electron chi connectivity index (χ2n) is 7.23. The van der Waals surface area contributed by atoms with Crippen LogP contribution in [0.2, 0.25) is 0 Å². The number of nitrogens with two attached hydrogens (primary N) is 4. The molecule has 0 aliphatic rings. The van der Waals surface area contributed by atoms with Crippen molar-refractivity contribution in [2.24, 2.45) is 32.9 Å². The number of nitrogens with one attached hydrogen (secondary N) is 1. The van der Waals surface area contributed by atoms with E-state index < -0.39 is 0 Å². The van der Waals surface area contributed by atoms with Crippen molar-refractivity contribution < 1.29 is 4.74 Å². The van der Waals surface area contributed by atoms with E-state index in [1.165, 1.54) is 19.3 Å². The van der Waals surface area contributed by atoms with Crippen molar-refractivity contribution in [2.75, 3.05) is 33.3 Å². The molecule has 0 aromatic heterocycles. The van der Waals surface area contributed by atoms with Crippen LogP contribution in [0.15, 0.2) is 34.3 Å². The first-order valence-electron chi connectivity index (χ1n) is 10.5. The molecule has 0 unspecified atom stereocenters. The molecule has 0 amide bonds. The highest BCUT2D eigenvalue weighted by Gasteiger charge is 2.02. The normalized spacial score (nSPS) is 11.2. The smallest absolute Gasteiger partial charge is 0.190 e. The van der Waals surface area contributed by atoms with Crippen molar-refractivity contribution in [1.82, 2.24) is 4.90 Å². The Bertz CT molecular complexity index is 668. The lowest BCUT2D eigenvalue weighted by atomic mass is 10.1. The number of benzene rings is 1. The van der Waals surface area contributed by atoms with Crippen LogP contribution in [0.1, 0.15) is 50.5 Å². The summed E-state index contributed by atoms with van der Waals surface area (Å²) in [5.74, 6) is 1.55. The van der Waals surface area contributed by atoms with Crippen molar-refractivity contribution in [3.63, 3.8) is 0 Å². The third-order valence-corrected chi connectivity index (χ3v) is 4.60. The zero-order chi connectivity index (χ0) is 22.2. The number of nitrogens with zero attached hydrogens (tertiary/aromatic N) is 3. The predicted molar refractivity (Wildman–Crippen MR) is 125 cm³/mol. The topological polar surface area (TPSA) is 165 Å². The second-order valence-corrected chi connectivity index (χ2v) is 7.23. The zero-order valence-electron chi connectivity index (χ0n) is 18.1. The van der Waals surface area contributed by atoms with Crippen LogP contribution < -0.4 is 27.7 Å². The van der Waals surface area contributed by atoms with Crippen molar-refractivity contribution in [3.05, 3.63) is 29.8 Å². The lowest BCUT2D eigenvalue weighted by Crippen LogP contribution is -2.35. The van der Waals surface area contributed by atoms with E-state index in [0.717, 1.165) is 44.5 Å². The Labute approximate surface area is 180 Å². The Morgan fingerprint density at radius 3 is 2.10 bits per heavy atom. The zero-order valence-corrected chi connectivity index (χ0v) is 18.1. The Kier molecular flexibility index (Phi) is 12.5. The largest absolute Gasteiger partial charge is 0.494 e. The molecule has 0 aliphatic heterocycles. The third kappa shape index (κ3) is 11.8. The average molecular weight is 419 g/mol. The summed E-state index contributed by atoms with van der Waals surface area (Å²) in [4.78, 5) is 10.4. The maximum absolute atomic E-state index is 7.37. The van der Waals surface area contributed by atoms with Gasteiger partial charge in [0, 0.05) is 38.7 Å². The molecule has 0 saturated carbocycles. The summed E-state index contributed by atoms with van der Waals surface area (Å²) in [6, 6.07) is 7.17. The van der Waals surface area contributed by atoms with E-state index in [1.807, 2.05) is 24.1 Å². The van der Waals surface area contributed by atoms with Gasteiger partial charge in [-0.1, -0.05) is 25.7 Å². The molecule has 0 saturated heterocycles. The summed E-state index contributed by atoms with van der Waals surface area (Å²) in [7, 11) is 1.97. The summed E-state index contributed by atoms with van der Waals surface area (Å²) in [6.45, 7) is 2.80. The fraction of sp³-hybridized carbons (Fsp3) is 0.571. The number of ether oxygens (including phenoxy) is 1. The van der Waals surface area contributed by atoms with Crippen LogP contribution in [0.25, 0.3) is 0 Å². The first kappa shape index (κ1) is 25.1. The number of aliphatic imine (C=N–C) groups is 2. The summed E-state index contributed by atoms with van der Waals surface area (Å²) >= 11 is 0. The molecule has 1 aromatic carbocycles. The average Bonchev–Trinajstić information content (AvgIpc) is 2.72. The first-order valence-corrected chi connectivity index (χ1v) is 10.5. The molecule has 0 atom stereocenters. The Morgan fingerprint density at radius 1 is 0.867 bits per heavy atom. The molecule has 0 heterocycles. The molecule has 0 aliphatic carbocycles. The standard InChI is InChI=1S/C21H38N8O/c1-29(15-7-5-3-2-4-6-13-27-20(24)25)21(26)28-14-8-16-30-18-11-9-17(10-12-18)19(22)23/h9-12H,2-8,13-16H2,1H3,(H3,22,23)(H2,26,28)(H4,24,25,27). The maximum atomic E-state index is 7.37. The molecule has 9 N–H and O–H groups in total. The van der Waals surface area contributed by atoms with Gasteiger partial charge < -0.3 is 32.6 Å². The van der Waals surface area contributed by atoms with E-state index in [4.69, 9.17) is 33.1 Å². The Morgan fingerprint density at radius 2 is 1.47 bits per heavy atom.